The molecular formula is C13H12N2O5. The van der Waals surface area contributed by atoms with Gasteiger partial charge in [-0.15, -0.1) is 0 Å². The average molecular weight is 276 g/mol. The number of aromatic nitrogens is 1. The molecule has 0 atom stereocenters. The maximum atomic E-state index is 11.6. The quantitative estimate of drug-likeness (QED) is 0.524. The van der Waals surface area contributed by atoms with E-state index in [2.05, 4.69) is 4.98 Å². The van der Waals surface area contributed by atoms with Crippen molar-refractivity contribution in [1.29, 1.82) is 0 Å². The number of aromatic hydroxyl groups is 1. The standard InChI is InChI=1S/C13H12N2O5/c1-3-20-13(17)9-6-14-11-7(2)10(15(18)19)5-4-8(11)12(9)16/h4-6H,3H2,1-2H3,(H,14,16). The third kappa shape index (κ3) is 2.13. The number of aryl methyl sites for hydroxylation is 1. The molecule has 7 nitrogen and oxygen atoms in total. The van der Waals surface area contributed by atoms with Gasteiger partial charge in [0, 0.05) is 17.6 Å². The number of hydrogen-bond acceptors (Lipinski definition) is 6. The molecule has 1 N–H and O–H groups in total. The minimum absolute atomic E-state index is 0.0624. The molecule has 0 aliphatic carbocycles. The van der Waals surface area contributed by atoms with Crippen LogP contribution in [0.15, 0.2) is 18.3 Å². The van der Waals surface area contributed by atoms with E-state index in [-0.39, 0.29) is 34.5 Å². The summed E-state index contributed by atoms with van der Waals surface area (Å²) in [4.78, 5) is 26.0. The number of carbonyl (C=O) groups excluding carboxylic acids is 1. The lowest BCUT2D eigenvalue weighted by atomic mass is 10.1. The Labute approximate surface area is 114 Å². The zero-order chi connectivity index (χ0) is 14.9. The van der Waals surface area contributed by atoms with Crippen LogP contribution >= 0.6 is 0 Å². The normalized spacial score (nSPS) is 10.5. The van der Waals surface area contributed by atoms with Crippen molar-refractivity contribution < 1.29 is 19.6 Å². The molecule has 1 aromatic carbocycles. The fourth-order valence-electron chi connectivity index (χ4n) is 1.94. The third-order valence-corrected chi connectivity index (χ3v) is 2.93. The van der Waals surface area contributed by atoms with Crippen molar-refractivity contribution in [3.63, 3.8) is 0 Å². The maximum absolute atomic E-state index is 11.6. The molecule has 20 heavy (non-hydrogen) atoms. The summed E-state index contributed by atoms with van der Waals surface area (Å²) >= 11 is 0. The number of carbonyl (C=O) groups is 1. The van der Waals surface area contributed by atoms with Gasteiger partial charge in [0.25, 0.3) is 5.69 Å². The number of hydrogen-bond donors (Lipinski definition) is 1. The Morgan fingerprint density at radius 1 is 1.50 bits per heavy atom. The number of esters is 1. The Hall–Kier alpha value is -2.70. The number of nitrogens with zero attached hydrogens (tertiary/aromatic N) is 2. The molecule has 2 rings (SSSR count). The Bertz CT molecular complexity index is 711. The smallest absolute Gasteiger partial charge is 0.343 e. The van der Waals surface area contributed by atoms with Crippen molar-refractivity contribution in [3.8, 4) is 5.75 Å². The average Bonchev–Trinajstić information content (AvgIpc) is 2.39. The Morgan fingerprint density at radius 3 is 2.80 bits per heavy atom. The van der Waals surface area contributed by atoms with Gasteiger partial charge in [-0.1, -0.05) is 0 Å². The molecule has 0 unspecified atom stereocenters. The van der Waals surface area contributed by atoms with E-state index in [4.69, 9.17) is 4.74 Å². The highest BCUT2D eigenvalue weighted by molar-refractivity contribution is 6.00. The first-order valence-corrected chi connectivity index (χ1v) is 5.90. The minimum Gasteiger partial charge on any atom is -0.506 e. The molecular weight excluding hydrogens is 264 g/mol. The number of fused-ring (bicyclic) bond motifs is 1. The van der Waals surface area contributed by atoms with Crippen molar-refractivity contribution in [1.82, 2.24) is 4.98 Å². The third-order valence-electron chi connectivity index (χ3n) is 2.93. The lowest BCUT2D eigenvalue weighted by Crippen LogP contribution is -2.06. The Kier molecular flexibility index (Phi) is 3.51. The molecule has 0 saturated carbocycles. The topological polar surface area (TPSA) is 103 Å². The van der Waals surface area contributed by atoms with Crippen molar-refractivity contribution >= 4 is 22.6 Å². The highest BCUT2D eigenvalue weighted by Crippen LogP contribution is 2.33. The van der Waals surface area contributed by atoms with E-state index in [0.29, 0.717) is 5.56 Å². The molecule has 0 saturated heterocycles. The first kappa shape index (κ1) is 13.7. The molecule has 0 aliphatic heterocycles. The van der Waals surface area contributed by atoms with Crippen LogP contribution < -0.4 is 0 Å². The van der Waals surface area contributed by atoms with Crippen molar-refractivity contribution in [3.05, 3.63) is 39.6 Å². The Balaban J connectivity index is 2.67. The lowest BCUT2D eigenvalue weighted by Gasteiger charge is -2.08. The van der Waals surface area contributed by atoms with Gasteiger partial charge in [0.1, 0.15) is 11.3 Å². The van der Waals surface area contributed by atoms with Gasteiger partial charge in [0.05, 0.1) is 22.6 Å². The largest absolute Gasteiger partial charge is 0.506 e. The summed E-state index contributed by atoms with van der Waals surface area (Å²) < 4.78 is 4.80. The summed E-state index contributed by atoms with van der Waals surface area (Å²) in [7, 11) is 0. The van der Waals surface area contributed by atoms with Gasteiger partial charge in [-0.2, -0.15) is 0 Å². The van der Waals surface area contributed by atoms with E-state index in [1.54, 1.807) is 6.92 Å². The second-order valence-corrected chi connectivity index (χ2v) is 4.10. The van der Waals surface area contributed by atoms with E-state index in [1.807, 2.05) is 0 Å². The Morgan fingerprint density at radius 2 is 2.20 bits per heavy atom. The second kappa shape index (κ2) is 5.12. The molecule has 0 spiro atoms. The maximum Gasteiger partial charge on any atom is 0.343 e. The molecule has 0 aliphatic rings. The highest BCUT2D eigenvalue weighted by Gasteiger charge is 2.20. The van der Waals surface area contributed by atoms with Gasteiger partial charge in [-0.05, 0) is 19.9 Å². The van der Waals surface area contributed by atoms with Gasteiger partial charge in [-0.25, -0.2) is 4.79 Å². The van der Waals surface area contributed by atoms with Crippen molar-refractivity contribution in [2.75, 3.05) is 6.61 Å². The van der Waals surface area contributed by atoms with E-state index >= 15 is 0 Å². The van der Waals surface area contributed by atoms with Crippen LogP contribution in [0.25, 0.3) is 10.9 Å². The van der Waals surface area contributed by atoms with Crippen molar-refractivity contribution in [2.45, 2.75) is 13.8 Å². The molecule has 0 bridgehead atoms. The molecule has 1 heterocycles. The van der Waals surface area contributed by atoms with Gasteiger partial charge >= 0.3 is 5.97 Å². The van der Waals surface area contributed by atoms with Crippen LogP contribution in [0, 0.1) is 17.0 Å². The van der Waals surface area contributed by atoms with E-state index in [0.717, 1.165) is 6.20 Å². The predicted octanol–water partition coefficient (Wildman–Crippen LogP) is 2.33. The summed E-state index contributed by atoms with van der Waals surface area (Å²) in [6.45, 7) is 3.36. The van der Waals surface area contributed by atoms with Crippen LogP contribution in [-0.4, -0.2) is 27.6 Å². The number of rotatable bonds is 3. The summed E-state index contributed by atoms with van der Waals surface area (Å²) in [5.41, 5.74) is 0.462. The highest BCUT2D eigenvalue weighted by atomic mass is 16.6. The SMILES string of the molecule is CCOC(=O)c1cnc2c(C)c([N+](=O)[O-])ccc2c1O. The first-order chi connectivity index (χ1) is 9.47. The predicted molar refractivity (Wildman–Crippen MR) is 70.8 cm³/mol. The molecule has 1 aromatic heterocycles. The number of benzene rings is 1. The van der Waals surface area contributed by atoms with E-state index < -0.39 is 10.9 Å². The van der Waals surface area contributed by atoms with Gasteiger partial charge < -0.3 is 9.84 Å². The van der Waals surface area contributed by atoms with Crippen LogP contribution in [-0.2, 0) is 4.74 Å². The van der Waals surface area contributed by atoms with Gasteiger partial charge in [0.2, 0.25) is 0 Å². The minimum atomic E-state index is -0.685. The van der Waals surface area contributed by atoms with Crippen LogP contribution in [0.4, 0.5) is 5.69 Å². The molecule has 0 amide bonds. The van der Waals surface area contributed by atoms with Crippen LogP contribution in [0.5, 0.6) is 5.75 Å². The molecule has 0 fully saturated rings. The number of nitro groups is 1. The molecule has 7 heteroatoms. The molecule has 104 valence electrons. The number of pyridine rings is 1. The summed E-state index contributed by atoms with van der Waals surface area (Å²) in [5, 5.41) is 21.2. The van der Waals surface area contributed by atoms with E-state index in [9.17, 15) is 20.0 Å². The van der Waals surface area contributed by atoms with Crippen LogP contribution in [0.2, 0.25) is 0 Å². The zero-order valence-corrected chi connectivity index (χ0v) is 10.9. The first-order valence-electron chi connectivity index (χ1n) is 5.90. The van der Waals surface area contributed by atoms with Crippen molar-refractivity contribution in [2.24, 2.45) is 0 Å². The zero-order valence-electron chi connectivity index (χ0n) is 10.9. The lowest BCUT2D eigenvalue weighted by molar-refractivity contribution is -0.385. The second-order valence-electron chi connectivity index (χ2n) is 4.10. The molecule has 0 radical (unpaired) electrons. The fourth-order valence-corrected chi connectivity index (χ4v) is 1.94. The monoisotopic (exact) mass is 276 g/mol. The van der Waals surface area contributed by atoms with Crippen LogP contribution in [0.3, 0.4) is 0 Å². The summed E-state index contributed by atoms with van der Waals surface area (Å²) in [6.07, 6.45) is 1.16. The van der Waals surface area contributed by atoms with Gasteiger partial charge in [0.15, 0.2) is 0 Å². The molecule has 2 aromatic rings. The summed E-state index contributed by atoms with van der Waals surface area (Å²) in [5.74, 6) is -0.971. The van der Waals surface area contributed by atoms with E-state index in [1.165, 1.54) is 19.1 Å². The number of nitro benzene ring substituents is 1. The fraction of sp³-hybridized carbons (Fsp3) is 0.231. The van der Waals surface area contributed by atoms with Crippen LogP contribution in [0.1, 0.15) is 22.8 Å². The number of ether oxygens (including phenoxy) is 1. The summed E-state index contributed by atoms with van der Waals surface area (Å²) in [6, 6.07) is 2.64. The van der Waals surface area contributed by atoms with Gasteiger partial charge in [-0.3, -0.25) is 15.1 Å².